The van der Waals surface area contributed by atoms with Crippen LogP contribution < -0.4 is 5.32 Å². The van der Waals surface area contributed by atoms with Crippen LogP contribution in [0.1, 0.15) is 37.7 Å². The van der Waals surface area contributed by atoms with E-state index in [4.69, 9.17) is 27.9 Å². The van der Waals surface area contributed by atoms with E-state index in [0.29, 0.717) is 30.7 Å². The molecule has 2 amide bonds. The zero-order valence-corrected chi connectivity index (χ0v) is 21.4. The molecule has 0 bridgehead atoms. The zero-order chi connectivity index (χ0) is 25.7. The van der Waals surface area contributed by atoms with E-state index in [-0.39, 0.29) is 28.8 Å². The van der Waals surface area contributed by atoms with Gasteiger partial charge in [0.15, 0.2) is 16.1 Å². The van der Waals surface area contributed by atoms with E-state index in [0.717, 1.165) is 5.56 Å². The van der Waals surface area contributed by atoms with Crippen molar-refractivity contribution in [2.24, 2.45) is 0 Å². The molecule has 1 saturated heterocycles. The Bertz CT molecular complexity index is 1370. The van der Waals surface area contributed by atoms with Crippen LogP contribution in [0.3, 0.4) is 0 Å². The van der Waals surface area contributed by atoms with Crippen molar-refractivity contribution in [2.75, 3.05) is 6.54 Å². The lowest BCUT2D eigenvalue weighted by molar-refractivity contribution is -0.140. The summed E-state index contributed by atoms with van der Waals surface area (Å²) in [5.41, 5.74) is -0.902. The SMILES string of the molecule is N#CC1(NC(=O)O[C@H]2C[C@@H](S(=O)(=O)c3ccc(Cl)cc3Cl)CN2C(=O)C2(c3ccccc3)CC2)CC1. The van der Waals surface area contributed by atoms with Crippen molar-refractivity contribution < 1.29 is 22.7 Å². The molecule has 2 aliphatic carbocycles. The quantitative estimate of drug-likeness (QED) is 0.578. The van der Waals surface area contributed by atoms with Crippen molar-refractivity contribution in [1.29, 1.82) is 5.26 Å². The summed E-state index contributed by atoms with van der Waals surface area (Å²) in [6.07, 6.45) is 0.157. The van der Waals surface area contributed by atoms with Crippen molar-refractivity contribution >= 4 is 45.0 Å². The summed E-state index contributed by atoms with van der Waals surface area (Å²) in [7, 11) is -3.99. The molecule has 2 saturated carbocycles. The molecule has 0 spiro atoms. The van der Waals surface area contributed by atoms with E-state index in [1.807, 2.05) is 36.4 Å². The Morgan fingerprint density at radius 1 is 1.08 bits per heavy atom. The minimum Gasteiger partial charge on any atom is -0.425 e. The number of likely N-dealkylation sites (tertiary alicyclic amines) is 1. The number of alkyl carbamates (subject to hydrolysis) is 1. The van der Waals surface area contributed by atoms with Gasteiger partial charge in [0.25, 0.3) is 0 Å². The van der Waals surface area contributed by atoms with Gasteiger partial charge in [-0.1, -0.05) is 53.5 Å². The molecule has 2 aromatic carbocycles. The van der Waals surface area contributed by atoms with Crippen LogP contribution in [0.4, 0.5) is 4.79 Å². The zero-order valence-electron chi connectivity index (χ0n) is 19.1. The molecule has 0 radical (unpaired) electrons. The number of hydrogen-bond donors (Lipinski definition) is 1. The van der Waals surface area contributed by atoms with E-state index in [1.165, 1.54) is 23.1 Å². The summed E-state index contributed by atoms with van der Waals surface area (Å²) < 4.78 is 32.6. The smallest absolute Gasteiger partial charge is 0.410 e. The second kappa shape index (κ2) is 8.94. The fraction of sp³-hybridized carbons (Fsp3) is 0.400. The van der Waals surface area contributed by atoms with Crippen LogP contribution in [0.5, 0.6) is 0 Å². The highest BCUT2D eigenvalue weighted by Gasteiger charge is 2.57. The Morgan fingerprint density at radius 3 is 2.36 bits per heavy atom. The number of nitriles is 1. The molecule has 1 N–H and O–H groups in total. The number of halogens is 2. The van der Waals surface area contributed by atoms with Crippen LogP contribution in [-0.4, -0.2) is 48.9 Å². The maximum atomic E-state index is 13.8. The fourth-order valence-electron chi connectivity index (χ4n) is 4.72. The summed E-state index contributed by atoms with van der Waals surface area (Å²) >= 11 is 12.1. The van der Waals surface area contributed by atoms with Crippen LogP contribution in [0, 0.1) is 11.3 Å². The molecule has 11 heteroatoms. The molecule has 3 aliphatic rings. The highest BCUT2D eigenvalue weighted by Crippen LogP contribution is 2.51. The Balaban J connectivity index is 1.44. The summed E-state index contributed by atoms with van der Waals surface area (Å²) in [4.78, 5) is 27.7. The third kappa shape index (κ3) is 4.42. The molecule has 1 heterocycles. The van der Waals surface area contributed by atoms with Crippen molar-refractivity contribution in [3.8, 4) is 6.07 Å². The molecule has 188 valence electrons. The van der Waals surface area contributed by atoms with E-state index >= 15 is 0 Å². The highest BCUT2D eigenvalue weighted by molar-refractivity contribution is 7.92. The lowest BCUT2D eigenvalue weighted by atomic mass is 9.94. The van der Waals surface area contributed by atoms with Crippen LogP contribution in [-0.2, 0) is 24.8 Å². The summed E-state index contributed by atoms with van der Waals surface area (Å²) in [5.74, 6) is -0.284. The van der Waals surface area contributed by atoms with Crippen molar-refractivity contribution in [2.45, 2.75) is 59.4 Å². The van der Waals surface area contributed by atoms with E-state index in [2.05, 4.69) is 5.32 Å². The Hall–Kier alpha value is -2.80. The first-order valence-electron chi connectivity index (χ1n) is 11.6. The van der Waals surface area contributed by atoms with Gasteiger partial charge >= 0.3 is 6.09 Å². The average Bonchev–Trinajstić information content (AvgIpc) is 3.77. The van der Waals surface area contributed by atoms with Gasteiger partial charge in [-0.25, -0.2) is 13.2 Å². The van der Waals surface area contributed by atoms with Gasteiger partial charge in [-0.05, 0) is 49.4 Å². The van der Waals surface area contributed by atoms with Gasteiger partial charge in [0, 0.05) is 18.0 Å². The maximum absolute atomic E-state index is 13.8. The monoisotopic (exact) mass is 547 g/mol. The van der Waals surface area contributed by atoms with E-state index in [1.54, 1.807) is 0 Å². The number of benzene rings is 2. The highest BCUT2D eigenvalue weighted by atomic mass is 35.5. The predicted molar refractivity (Wildman–Crippen MR) is 132 cm³/mol. The van der Waals surface area contributed by atoms with Gasteiger partial charge < -0.3 is 15.0 Å². The van der Waals surface area contributed by atoms with Crippen molar-refractivity contribution in [3.05, 3.63) is 64.1 Å². The first-order valence-corrected chi connectivity index (χ1v) is 13.9. The number of nitrogens with one attached hydrogen (secondary N) is 1. The van der Waals surface area contributed by atoms with Gasteiger partial charge in [0.1, 0.15) is 5.54 Å². The average molecular weight is 548 g/mol. The number of carbonyl (C=O) groups excluding carboxylic acids is 2. The van der Waals surface area contributed by atoms with E-state index in [9.17, 15) is 23.3 Å². The second-order valence-corrected chi connectivity index (χ2v) is 12.6. The van der Waals surface area contributed by atoms with Gasteiger partial charge in [-0.2, -0.15) is 5.26 Å². The lowest BCUT2D eigenvalue weighted by Gasteiger charge is -2.29. The number of nitrogens with zero attached hydrogens (tertiary/aromatic N) is 2. The molecular formula is C25H23Cl2N3O5S. The number of hydrogen-bond acceptors (Lipinski definition) is 6. The number of amides is 2. The van der Waals surface area contributed by atoms with Gasteiger partial charge in [-0.15, -0.1) is 0 Å². The molecular weight excluding hydrogens is 525 g/mol. The summed E-state index contributed by atoms with van der Waals surface area (Å²) in [6, 6.07) is 15.5. The topological polar surface area (TPSA) is 117 Å². The summed E-state index contributed by atoms with van der Waals surface area (Å²) in [6.45, 7) is -0.157. The van der Waals surface area contributed by atoms with Gasteiger partial charge in [-0.3, -0.25) is 4.79 Å². The molecule has 3 fully saturated rings. The number of ether oxygens (including phenoxy) is 1. The minimum absolute atomic E-state index is 0.0184. The minimum atomic E-state index is -3.99. The number of carbonyl (C=O) groups is 2. The van der Waals surface area contributed by atoms with Crippen LogP contribution in [0.25, 0.3) is 0 Å². The lowest BCUT2D eigenvalue weighted by Crippen LogP contribution is -2.46. The first kappa shape index (κ1) is 24.9. The molecule has 2 aromatic rings. The first-order chi connectivity index (χ1) is 17.1. The second-order valence-electron chi connectivity index (χ2n) is 9.56. The van der Waals surface area contributed by atoms with Crippen molar-refractivity contribution in [1.82, 2.24) is 10.2 Å². The number of rotatable bonds is 6. The maximum Gasteiger partial charge on any atom is 0.410 e. The Morgan fingerprint density at radius 2 is 1.78 bits per heavy atom. The van der Waals surface area contributed by atoms with E-state index < -0.39 is 38.4 Å². The van der Waals surface area contributed by atoms with Gasteiger partial charge in [0.05, 0.1) is 26.7 Å². The van der Waals surface area contributed by atoms with Crippen LogP contribution in [0.2, 0.25) is 10.0 Å². The molecule has 8 nitrogen and oxygen atoms in total. The standard InChI is InChI=1S/C25H23Cl2N3O5S/c26-17-6-7-20(19(27)12-17)36(33,34)18-13-21(35-23(32)29-24(15-28)8-9-24)30(14-18)22(31)25(10-11-25)16-4-2-1-3-5-16/h1-7,12,18,21H,8-11,13-14H2,(H,29,32)/t18-,21+/m1/s1. The predicted octanol–water partition coefficient (Wildman–Crippen LogP) is 4.21. The Kier molecular flexibility index (Phi) is 6.18. The molecule has 0 aromatic heterocycles. The number of sulfone groups is 1. The van der Waals surface area contributed by atoms with Crippen molar-refractivity contribution in [3.63, 3.8) is 0 Å². The van der Waals surface area contributed by atoms with Gasteiger partial charge in [0.2, 0.25) is 5.91 Å². The summed E-state index contributed by atoms with van der Waals surface area (Å²) in [5, 5.41) is 11.1. The Labute approximate surface area is 219 Å². The normalized spacial score (nSPS) is 23.4. The largest absolute Gasteiger partial charge is 0.425 e. The molecule has 36 heavy (non-hydrogen) atoms. The van der Waals surface area contributed by atoms with Crippen LogP contribution >= 0.6 is 23.2 Å². The van der Waals surface area contributed by atoms with Crippen LogP contribution in [0.15, 0.2) is 53.4 Å². The molecule has 0 unspecified atom stereocenters. The molecule has 5 rings (SSSR count). The molecule has 2 atom stereocenters. The third-order valence-electron chi connectivity index (χ3n) is 7.15. The fourth-order valence-corrected chi connectivity index (χ4v) is 7.17. The molecule has 1 aliphatic heterocycles. The third-order valence-corrected chi connectivity index (χ3v) is 9.99.